The van der Waals surface area contributed by atoms with Crippen LogP contribution in [0.25, 0.3) is 0 Å². The summed E-state index contributed by atoms with van der Waals surface area (Å²) >= 11 is 0. The zero-order chi connectivity index (χ0) is 16.6. The zero-order valence-electron chi connectivity index (χ0n) is 14.0. The van der Waals surface area contributed by atoms with E-state index in [1.165, 1.54) is 21.6 Å². The van der Waals surface area contributed by atoms with Crippen LogP contribution in [0.5, 0.6) is 0 Å². The molecule has 3 rings (SSSR count). The van der Waals surface area contributed by atoms with Gasteiger partial charge < -0.3 is 4.74 Å². The van der Waals surface area contributed by atoms with Crippen LogP contribution >= 0.6 is 0 Å². The summed E-state index contributed by atoms with van der Waals surface area (Å²) in [6.45, 7) is 7.13. The Morgan fingerprint density at radius 1 is 1.13 bits per heavy atom. The topological polar surface area (TPSA) is 49.9 Å². The maximum atomic E-state index is 12.4. The van der Waals surface area contributed by atoms with E-state index in [1.807, 2.05) is 0 Å². The molecule has 2 atom stereocenters. The quantitative estimate of drug-likeness (QED) is 0.770. The van der Waals surface area contributed by atoms with Gasteiger partial charge in [0.05, 0.1) is 25.0 Å². The number of carbonyl (C=O) groups excluding carboxylic acids is 2. The average molecular weight is 316 g/mol. The van der Waals surface area contributed by atoms with Gasteiger partial charge >= 0.3 is 0 Å². The second-order valence-corrected chi connectivity index (χ2v) is 6.66. The van der Waals surface area contributed by atoms with Crippen molar-refractivity contribution >= 4 is 11.8 Å². The average Bonchev–Trinajstić information content (AvgIpc) is 3.01. The van der Waals surface area contributed by atoms with Gasteiger partial charge in [0, 0.05) is 26.7 Å². The maximum absolute atomic E-state index is 12.4. The number of amides is 2. The van der Waals surface area contributed by atoms with Gasteiger partial charge in [-0.05, 0) is 25.0 Å². The predicted molar refractivity (Wildman–Crippen MR) is 86.8 cm³/mol. The Hall–Kier alpha value is -1.72. The fraction of sp³-hybridized carbons (Fsp3) is 0.556. The highest BCUT2D eigenvalue weighted by Crippen LogP contribution is 2.34. The molecule has 0 spiro atoms. The molecule has 2 aliphatic heterocycles. The fourth-order valence-corrected chi connectivity index (χ4v) is 3.69. The second-order valence-electron chi connectivity index (χ2n) is 6.66. The first-order valence-corrected chi connectivity index (χ1v) is 8.14. The Bertz CT molecular complexity index is 605. The van der Waals surface area contributed by atoms with Crippen LogP contribution in [0.3, 0.4) is 0 Å². The van der Waals surface area contributed by atoms with Gasteiger partial charge in [-0.2, -0.15) is 0 Å². The molecule has 0 bridgehead atoms. The van der Waals surface area contributed by atoms with E-state index in [0.717, 1.165) is 6.54 Å². The summed E-state index contributed by atoms with van der Waals surface area (Å²) in [5, 5.41) is 0. The summed E-state index contributed by atoms with van der Waals surface area (Å²) in [5.74, 6) is -0.407. The third-order valence-electron chi connectivity index (χ3n) is 4.97. The number of carbonyl (C=O) groups is 2. The molecule has 23 heavy (non-hydrogen) atoms. The minimum atomic E-state index is -0.176. The van der Waals surface area contributed by atoms with Gasteiger partial charge in [0.1, 0.15) is 0 Å². The van der Waals surface area contributed by atoms with Crippen LogP contribution in [0.2, 0.25) is 0 Å². The van der Waals surface area contributed by atoms with Gasteiger partial charge in [0.2, 0.25) is 11.8 Å². The van der Waals surface area contributed by atoms with E-state index in [-0.39, 0.29) is 23.7 Å². The SMILES string of the molecule is COCCN1C(=O)C2CN(Cc3ccc(C)cc3C)CC2C1=O. The molecule has 0 aromatic heterocycles. The number of hydrogen-bond donors (Lipinski definition) is 0. The monoisotopic (exact) mass is 316 g/mol. The van der Waals surface area contributed by atoms with E-state index in [2.05, 4.69) is 36.9 Å². The predicted octanol–water partition coefficient (Wildman–Crippen LogP) is 1.37. The molecule has 1 aromatic rings. The van der Waals surface area contributed by atoms with E-state index >= 15 is 0 Å². The number of hydrogen-bond acceptors (Lipinski definition) is 4. The molecule has 2 aliphatic rings. The molecule has 2 unspecified atom stereocenters. The molecule has 1 aromatic carbocycles. The molecular weight excluding hydrogens is 292 g/mol. The first-order valence-electron chi connectivity index (χ1n) is 8.14. The Morgan fingerprint density at radius 3 is 2.35 bits per heavy atom. The minimum absolute atomic E-state index is 0.0276. The number of ether oxygens (including phenoxy) is 1. The number of methoxy groups -OCH3 is 1. The van der Waals surface area contributed by atoms with E-state index in [9.17, 15) is 9.59 Å². The van der Waals surface area contributed by atoms with Crippen molar-refractivity contribution in [2.24, 2.45) is 11.8 Å². The van der Waals surface area contributed by atoms with Crippen molar-refractivity contribution in [1.82, 2.24) is 9.80 Å². The molecule has 5 nitrogen and oxygen atoms in total. The van der Waals surface area contributed by atoms with Crippen molar-refractivity contribution in [3.05, 3.63) is 34.9 Å². The Kier molecular flexibility index (Phi) is 4.50. The van der Waals surface area contributed by atoms with E-state index in [0.29, 0.717) is 26.2 Å². The van der Waals surface area contributed by atoms with Crippen LogP contribution in [0.15, 0.2) is 18.2 Å². The number of fused-ring (bicyclic) bond motifs is 1. The minimum Gasteiger partial charge on any atom is -0.383 e. The van der Waals surface area contributed by atoms with Crippen LogP contribution < -0.4 is 0 Å². The molecule has 5 heteroatoms. The third kappa shape index (κ3) is 3.03. The standard InChI is InChI=1S/C18H24N2O3/c1-12-4-5-14(13(2)8-12)9-19-10-15-16(11-19)18(22)20(17(15)21)6-7-23-3/h4-5,8,15-16H,6-7,9-11H2,1-3H3. The third-order valence-corrected chi connectivity index (χ3v) is 4.97. The van der Waals surface area contributed by atoms with Crippen LogP contribution in [0.1, 0.15) is 16.7 Å². The molecule has 0 N–H and O–H groups in total. The first kappa shape index (κ1) is 16.1. The summed E-state index contributed by atoms with van der Waals surface area (Å²) in [5.41, 5.74) is 3.79. The van der Waals surface area contributed by atoms with E-state index in [4.69, 9.17) is 4.74 Å². The fourth-order valence-electron chi connectivity index (χ4n) is 3.69. The first-order chi connectivity index (χ1) is 11.0. The van der Waals surface area contributed by atoms with Crippen LogP contribution in [0, 0.1) is 25.7 Å². The number of nitrogens with zero attached hydrogens (tertiary/aromatic N) is 2. The highest BCUT2D eigenvalue weighted by atomic mass is 16.5. The van der Waals surface area contributed by atoms with Gasteiger partial charge in [-0.3, -0.25) is 19.4 Å². The lowest BCUT2D eigenvalue weighted by Crippen LogP contribution is -2.37. The Morgan fingerprint density at radius 2 is 1.78 bits per heavy atom. The van der Waals surface area contributed by atoms with E-state index in [1.54, 1.807) is 7.11 Å². The summed E-state index contributed by atoms with van der Waals surface area (Å²) < 4.78 is 4.99. The number of aryl methyl sites for hydroxylation is 2. The summed E-state index contributed by atoms with van der Waals surface area (Å²) in [7, 11) is 1.58. The van der Waals surface area contributed by atoms with Gasteiger partial charge in [-0.1, -0.05) is 23.8 Å². The maximum Gasteiger partial charge on any atom is 0.234 e. The lowest BCUT2D eigenvalue weighted by molar-refractivity contribution is -0.141. The molecule has 2 saturated heterocycles. The van der Waals surface area contributed by atoms with Crippen LogP contribution in [-0.2, 0) is 20.9 Å². The smallest absolute Gasteiger partial charge is 0.234 e. The van der Waals surface area contributed by atoms with Gasteiger partial charge in [-0.15, -0.1) is 0 Å². The Labute approximate surface area is 137 Å². The summed E-state index contributed by atoms with van der Waals surface area (Å²) in [4.78, 5) is 28.5. The molecule has 2 fully saturated rings. The molecule has 0 saturated carbocycles. The van der Waals surface area contributed by atoms with Crippen molar-refractivity contribution in [1.29, 1.82) is 0 Å². The summed E-state index contributed by atoms with van der Waals surface area (Å²) in [6.07, 6.45) is 0. The number of benzene rings is 1. The Balaban J connectivity index is 1.66. The van der Waals surface area contributed by atoms with Crippen molar-refractivity contribution < 1.29 is 14.3 Å². The molecule has 0 radical (unpaired) electrons. The van der Waals surface area contributed by atoms with Gasteiger partial charge in [0.15, 0.2) is 0 Å². The number of imide groups is 1. The molecule has 2 amide bonds. The lowest BCUT2D eigenvalue weighted by Gasteiger charge is -2.21. The van der Waals surface area contributed by atoms with Crippen molar-refractivity contribution in [2.45, 2.75) is 20.4 Å². The van der Waals surface area contributed by atoms with E-state index < -0.39 is 0 Å². The van der Waals surface area contributed by atoms with Crippen LogP contribution in [-0.4, -0.2) is 55.0 Å². The zero-order valence-corrected chi connectivity index (χ0v) is 14.0. The molecular formula is C18H24N2O3. The largest absolute Gasteiger partial charge is 0.383 e. The summed E-state index contributed by atoms with van der Waals surface area (Å²) in [6, 6.07) is 6.43. The lowest BCUT2D eigenvalue weighted by atomic mass is 10.00. The number of likely N-dealkylation sites (tertiary alicyclic amines) is 2. The number of rotatable bonds is 5. The van der Waals surface area contributed by atoms with Gasteiger partial charge in [-0.25, -0.2) is 0 Å². The van der Waals surface area contributed by atoms with Crippen LogP contribution in [0.4, 0.5) is 0 Å². The molecule has 2 heterocycles. The molecule has 0 aliphatic carbocycles. The van der Waals surface area contributed by atoms with Crippen molar-refractivity contribution in [3.8, 4) is 0 Å². The van der Waals surface area contributed by atoms with Gasteiger partial charge in [0.25, 0.3) is 0 Å². The van der Waals surface area contributed by atoms with Crippen molar-refractivity contribution in [2.75, 3.05) is 33.4 Å². The normalized spacial score (nSPS) is 24.6. The molecule has 124 valence electrons. The highest BCUT2D eigenvalue weighted by Gasteiger charge is 2.51. The van der Waals surface area contributed by atoms with Crippen molar-refractivity contribution in [3.63, 3.8) is 0 Å². The second kappa shape index (κ2) is 6.42. The highest BCUT2D eigenvalue weighted by molar-refractivity contribution is 6.05.